The molecule has 3 nitrogen and oxygen atoms in total. The third-order valence-corrected chi connectivity index (χ3v) is 2.15. The summed E-state index contributed by atoms with van der Waals surface area (Å²) in [7, 11) is 0. The molecule has 3 heteroatoms. The van der Waals surface area contributed by atoms with Gasteiger partial charge in [-0.2, -0.15) is 5.26 Å². The second-order valence-corrected chi connectivity index (χ2v) is 3.76. The van der Waals surface area contributed by atoms with Crippen LogP contribution in [0, 0.1) is 22.7 Å². The van der Waals surface area contributed by atoms with E-state index in [0.717, 1.165) is 6.08 Å². The Kier molecular flexibility index (Phi) is 1.93. The zero-order valence-corrected chi connectivity index (χ0v) is 7.16. The summed E-state index contributed by atoms with van der Waals surface area (Å²) >= 11 is 0. The second kappa shape index (κ2) is 2.63. The SMILES string of the molecule is CC1(C)CC(=O)C=C(O)C1C#N. The second-order valence-electron chi connectivity index (χ2n) is 3.76. The van der Waals surface area contributed by atoms with E-state index in [1.807, 2.05) is 19.9 Å². The van der Waals surface area contributed by atoms with Crippen LogP contribution in [0.3, 0.4) is 0 Å². The normalized spacial score (nSPS) is 27.6. The molecule has 0 aliphatic heterocycles. The van der Waals surface area contributed by atoms with Gasteiger partial charge in [0.25, 0.3) is 0 Å². The van der Waals surface area contributed by atoms with Gasteiger partial charge in [0.1, 0.15) is 11.7 Å². The number of allylic oxidation sites excluding steroid dienone is 2. The number of carbonyl (C=O) groups excluding carboxylic acids is 1. The Hall–Kier alpha value is -1.30. The molecule has 64 valence electrons. The van der Waals surface area contributed by atoms with Crippen LogP contribution in [0.4, 0.5) is 0 Å². The highest BCUT2D eigenvalue weighted by molar-refractivity contribution is 5.91. The fourth-order valence-electron chi connectivity index (χ4n) is 1.49. The number of hydrogen-bond acceptors (Lipinski definition) is 3. The maximum atomic E-state index is 11.0. The van der Waals surface area contributed by atoms with Gasteiger partial charge in [-0.3, -0.25) is 4.79 Å². The molecular weight excluding hydrogens is 154 g/mol. The Balaban J connectivity index is 3.07. The number of rotatable bonds is 0. The molecule has 1 N–H and O–H groups in total. The van der Waals surface area contributed by atoms with Crippen molar-refractivity contribution < 1.29 is 9.90 Å². The number of nitriles is 1. The molecule has 1 aliphatic carbocycles. The quantitative estimate of drug-likeness (QED) is 0.592. The van der Waals surface area contributed by atoms with Gasteiger partial charge in [-0.05, 0) is 5.41 Å². The fraction of sp³-hybridized carbons (Fsp3) is 0.556. The molecule has 0 amide bonds. The monoisotopic (exact) mass is 165 g/mol. The zero-order chi connectivity index (χ0) is 9.35. The van der Waals surface area contributed by atoms with Gasteiger partial charge < -0.3 is 5.11 Å². The topological polar surface area (TPSA) is 61.1 Å². The van der Waals surface area contributed by atoms with Crippen LogP contribution >= 0.6 is 0 Å². The minimum atomic E-state index is -0.546. The predicted octanol–water partition coefficient (Wildman–Crippen LogP) is 1.57. The van der Waals surface area contributed by atoms with E-state index in [2.05, 4.69) is 0 Å². The van der Waals surface area contributed by atoms with Gasteiger partial charge in [-0.25, -0.2) is 0 Å². The third-order valence-electron chi connectivity index (χ3n) is 2.15. The summed E-state index contributed by atoms with van der Waals surface area (Å²) in [6, 6.07) is 1.99. The van der Waals surface area contributed by atoms with Crippen LogP contribution in [-0.2, 0) is 4.79 Å². The molecule has 1 aliphatic rings. The summed E-state index contributed by atoms with van der Waals surface area (Å²) in [4.78, 5) is 11.0. The van der Waals surface area contributed by atoms with E-state index >= 15 is 0 Å². The summed E-state index contributed by atoms with van der Waals surface area (Å²) in [5, 5.41) is 18.0. The lowest BCUT2D eigenvalue weighted by Crippen LogP contribution is -2.31. The van der Waals surface area contributed by atoms with E-state index in [9.17, 15) is 9.90 Å². The van der Waals surface area contributed by atoms with Crippen molar-refractivity contribution in [3.63, 3.8) is 0 Å². The van der Waals surface area contributed by atoms with Gasteiger partial charge in [0, 0.05) is 12.5 Å². The lowest BCUT2D eigenvalue weighted by molar-refractivity contribution is -0.117. The Morgan fingerprint density at radius 2 is 2.33 bits per heavy atom. The molecule has 0 saturated carbocycles. The van der Waals surface area contributed by atoms with Gasteiger partial charge in [0.2, 0.25) is 0 Å². The number of hydrogen-bond donors (Lipinski definition) is 1. The molecule has 0 aromatic rings. The van der Waals surface area contributed by atoms with Crippen LogP contribution in [0.2, 0.25) is 0 Å². The van der Waals surface area contributed by atoms with E-state index in [4.69, 9.17) is 5.26 Å². The van der Waals surface area contributed by atoms with Gasteiger partial charge >= 0.3 is 0 Å². The van der Waals surface area contributed by atoms with Gasteiger partial charge in [0.05, 0.1) is 6.07 Å². The number of aliphatic hydroxyl groups is 1. The van der Waals surface area contributed by atoms with Crippen LogP contribution in [0.1, 0.15) is 20.3 Å². The molecule has 1 atom stereocenters. The van der Waals surface area contributed by atoms with Gasteiger partial charge in [-0.1, -0.05) is 13.8 Å². The average molecular weight is 165 g/mol. The van der Waals surface area contributed by atoms with E-state index < -0.39 is 11.3 Å². The maximum absolute atomic E-state index is 11.0. The molecule has 0 heterocycles. The Bertz CT molecular complexity index is 283. The molecule has 12 heavy (non-hydrogen) atoms. The summed E-state index contributed by atoms with van der Waals surface area (Å²) < 4.78 is 0. The number of ketones is 1. The standard InChI is InChI=1S/C9H11NO2/c1-9(2)4-6(11)3-8(12)7(9)5-10/h3,7,12H,4H2,1-2H3. The Morgan fingerprint density at radius 3 is 2.75 bits per heavy atom. The first-order valence-electron chi connectivity index (χ1n) is 3.80. The lowest BCUT2D eigenvalue weighted by atomic mass is 9.71. The summed E-state index contributed by atoms with van der Waals surface area (Å²) in [5.74, 6) is -0.752. The molecule has 0 spiro atoms. The van der Waals surface area contributed by atoms with Crippen molar-refractivity contribution in [2.75, 3.05) is 0 Å². The zero-order valence-electron chi connectivity index (χ0n) is 7.16. The lowest BCUT2D eigenvalue weighted by Gasteiger charge is -2.31. The molecular formula is C9H11NO2. The van der Waals surface area contributed by atoms with Crippen LogP contribution in [0.25, 0.3) is 0 Å². The van der Waals surface area contributed by atoms with Crippen molar-refractivity contribution in [2.24, 2.45) is 11.3 Å². The minimum Gasteiger partial charge on any atom is -0.511 e. The first kappa shape index (κ1) is 8.79. The van der Waals surface area contributed by atoms with Crippen molar-refractivity contribution in [1.29, 1.82) is 5.26 Å². The summed E-state index contributed by atoms with van der Waals surface area (Å²) in [6.45, 7) is 3.62. The fourth-order valence-corrected chi connectivity index (χ4v) is 1.49. The predicted molar refractivity (Wildman–Crippen MR) is 43.2 cm³/mol. The molecule has 1 unspecified atom stereocenters. The van der Waals surface area contributed by atoms with Crippen molar-refractivity contribution >= 4 is 5.78 Å². The first-order chi connectivity index (χ1) is 5.47. The molecule has 0 radical (unpaired) electrons. The van der Waals surface area contributed by atoms with E-state index in [0.29, 0.717) is 6.42 Å². The van der Waals surface area contributed by atoms with Crippen LogP contribution in [0.15, 0.2) is 11.8 Å². The van der Waals surface area contributed by atoms with E-state index in [-0.39, 0.29) is 11.5 Å². The van der Waals surface area contributed by atoms with Gasteiger partial charge in [0.15, 0.2) is 5.78 Å². The Morgan fingerprint density at radius 1 is 1.75 bits per heavy atom. The van der Waals surface area contributed by atoms with Gasteiger partial charge in [-0.15, -0.1) is 0 Å². The summed E-state index contributed by atoms with van der Waals surface area (Å²) in [6.07, 6.45) is 1.48. The van der Waals surface area contributed by atoms with Crippen molar-refractivity contribution in [3.8, 4) is 6.07 Å². The molecule has 0 saturated heterocycles. The highest BCUT2D eigenvalue weighted by Crippen LogP contribution is 2.37. The smallest absolute Gasteiger partial charge is 0.159 e. The maximum Gasteiger partial charge on any atom is 0.159 e. The molecule has 0 aromatic carbocycles. The molecule has 1 rings (SSSR count). The van der Waals surface area contributed by atoms with Crippen LogP contribution in [-0.4, -0.2) is 10.9 Å². The number of aliphatic hydroxyl groups excluding tert-OH is 1. The first-order valence-corrected chi connectivity index (χ1v) is 3.80. The third kappa shape index (κ3) is 1.33. The number of nitrogens with zero attached hydrogens (tertiary/aromatic N) is 1. The summed E-state index contributed by atoms with van der Waals surface area (Å²) in [5.41, 5.74) is -0.440. The average Bonchev–Trinajstić information content (AvgIpc) is 1.82. The van der Waals surface area contributed by atoms with Crippen molar-refractivity contribution in [1.82, 2.24) is 0 Å². The minimum absolute atomic E-state index is 0.0984. The largest absolute Gasteiger partial charge is 0.511 e. The highest BCUT2D eigenvalue weighted by atomic mass is 16.3. The Labute approximate surface area is 71.3 Å². The molecule has 0 bridgehead atoms. The van der Waals surface area contributed by atoms with Crippen molar-refractivity contribution in [3.05, 3.63) is 11.8 Å². The number of carbonyl (C=O) groups is 1. The van der Waals surface area contributed by atoms with Crippen LogP contribution in [0.5, 0.6) is 0 Å². The highest BCUT2D eigenvalue weighted by Gasteiger charge is 2.38. The van der Waals surface area contributed by atoms with Crippen molar-refractivity contribution in [2.45, 2.75) is 20.3 Å². The van der Waals surface area contributed by atoms with Crippen LogP contribution < -0.4 is 0 Å². The molecule has 0 fully saturated rings. The van der Waals surface area contributed by atoms with E-state index in [1.54, 1.807) is 0 Å². The molecule has 0 aromatic heterocycles. The van der Waals surface area contributed by atoms with E-state index in [1.165, 1.54) is 0 Å².